The Kier molecular flexibility index (Phi) is 5.27. The minimum Gasteiger partial charge on any atom is -0.387 e. The third kappa shape index (κ3) is 4.15. The van der Waals surface area contributed by atoms with E-state index in [2.05, 4.69) is 24.4 Å². The molecule has 0 fully saturated rings. The van der Waals surface area contributed by atoms with E-state index in [0.717, 1.165) is 12.1 Å². The molecule has 0 aromatic heterocycles. The number of aliphatic hydroxyl groups excluding tert-OH is 1. The molecule has 0 heterocycles. The van der Waals surface area contributed by atoms with Crippen molar-refractivity contribution in [1.82, 2.24) is 5.32 Å². The van der Waals surface area contributed by atoms with Crippen molar-refractivity contribution in [3.8, 4) is 0 Å². The maximum atomic E-state index is 12.8. The average Bonchev–Trinajstić information content (AvgIpc) is 2.48. The summed E-state index contributed by atoms with van der Waals surface area (Å²) in [4.78, 5) is 0. The van der Waals surface area contributed by atoms with E-state index >= 15 is 0 Å². The largest absolute Gasteiger partial charge is 0.387 e. The fourth-order valence-electron chi connectivity index (χ4n) is 2.14. The van der Waals surface area contributed by atoms with Crippen molar-refractivity contribution in [3.05, 3.63) is 71.5 Å². The third-order valence-corrected chi connectivity index (χ3v) is 3.41. The molecule has 0 spiro atoms. The summed E-state index contributed by atoms with van der Waals surface area (Å²) in [5, 5.41) is 13.3. The van der Waals surface area contributed by atoms with E-state index in [0.29, 0.717) is 12.5 Å². The number of aliphatic hydroxyl groups is 1. The molecule has 2 aromatic carbocycles. The monoisotopic (exact) mass is 273 g/mol. The lowest BCUT2D eigenvalue weighted by molar-refractivity contribution is 0.174. The highest BCUT2D eigenvalue weighted by Gasteiger charge is 2.09. The maximum absolute atomic E-state index is 12.8. The molecule has 2 unspecified atom stereocenters. The van der Waals surface area contributed by atoms with E-state index in [9.17, 15) is 9.50 Å². The predicted molar refractivity (Wildman–Crippen MR) is 79.1 cm³/mol. The van der Waals surface area contributed by atoms with Gasteiger partial charge in [-0.2, -0.15) is 0 Å². The summed E-state index contributed by atoms with van der Waals surface area (Å²) in [6.45, 7) is 3.40. The van der Waals surface area contributed by atoms with Crippen molar-refractivity contribution in [3.63, 3.8) is 0 Å². The van der Waals surface area contributed by atoms with Crippen LogP contribution in [-0.4, -0.2) is 18.2 Å². The molecule has 106 valence electrons. The van der Waals surface area contributed by atoms with Gasteiger partial charge in [0, 0.05) is 13.1 Å². The molecule has 0 aliphatic heterocycles. The first-order chi connectivity index (χ1) is 9.66. The van der Waals surface area contributed by atoms with Crippen molar-refractivity contribution < 1.29 is 9.50 Å². The standard InChI is InChI=1S/C17H20FNO/c1-13(14-5-3-2-4-6-14)11-19-12-17(20)15-7-9-16(18)10-8-15/h2-10,13,17,19-20H,11-12H2,1H3. The van der Waals surface area contributed by atoms with Crippen LogP contribution < -0.4 is 5.32 Å². The van der Waals surface area contributed by atoms with Crippen LogP contribution in [0.2, 0.25) is 0 Å². The lowest BCUT2D eigenvalue weighted by atomic mass is 10.0. The highest BCUT2D eigenvalue weighted by atomic mass is 19.1. The number of rotatable bonds is 6. The molecule has 0 aliphatic rings. The summed E-state index contributed by atoms with van der Waals surface area (Å²) in [5.74, 6) is 0.100. The SMILES string of the molecule is CC(CNCC(O)c1ccc(F)cc1)c1ccccc1. The van der Waals surface area contributed by atoms with Crippen LogP contribution in [-0.2, 0) is 0 Å². The molecule has 2 atom stereocenters. The van der Waals surface area contributed by atoms with Crippen LogP contribution in [0.3, 0.4) is 0 Å². The number of hydrogen-bond acceptors (Lipinski definition) is 2. The molecule has 0 saturated heterocycles. The number of nitrogens with one attached hydrogen (secondary N) is 1. The fraction of sp³-hybridized carbons (Fsp3) is 0.294. The average molecular weight is 273 g/mol. The van der Waals surface area contributed by atoms with E-state index in [1.54, 1.807) is 12.1 Å². The van der Waals surface area contributed by atoms with Crippen LogP contribution >= 0.6 is 0 Å². The van der Waals surface area contributed by atoms with Crippen LogP contribution in [0.5, 0.6) is 0 Å². The molecule has 2 nitrogen and oxygen atoms in total. The molecule has 20 heavy (non-hydrogen) atoms. The summed E-state index contributed by atoms with van der Waals surface area (Å²) in [7, 11) is 0. The zero-order valence-electron chi connectivity index (χ0n) is 11.6. The maximum Gasteiger partial charge on any atom is 0.123 e. The number of halogens is 1. The lowest BCUT2D eigenvalue weighted by Gasteiger charge is -2.16. The summed E-state index contributed by atoms with van der Waals surface area (Å²) in [6.07, 6.45) is -0.612. The Morgan fingerprint density at radius 1 is 0.950 bits per heavy atom. The topological polar surface area (TPSA) is 32.3 Å². The van der Waals surface area contributed by atoms with E-state index in [1.807, 2.05) is 18.2 Å². The molecule has 3 heteroatoms. The first-order valence-electron chi connectivity index (χ1n) is 6.86. The van der Waals surface area contributed by atoms with Crippen LogP contribution in [0.15, 0.2) is 54.6 Å². The Bertz CT molecular complexity index is 512. The van der Waals surface area contributed by atoms with Crippen LogP contribution in [0, 0.1) is 5.82 Å². The molecular weight excluding hydrogens is 253 g/mol. The van der Waals surface area contributed by atoms with Gasteiger partial charge in [0.15, 0.2) is 0 Å². The molecular formula is C17H20FNO. The normalized spacial score (nSPS) is 13.9. The Morgan fingerprint density at radius 2 is 1.60 bits per heavy atom. The molecule has 0 bridgehead atoms. The van der Waals surface area contributed by atoms with Gasteiger partial charge in [0.25, 0.3) is 0 Å². The quantitative estimate of drug-likeness (QED) is 0.846. The van der Waals surface area contributed by atoms with Crippen molar-refractivity contribution in [1.29, 1.82) is 0 Å². The predicted octanol–water partition coefficient (Wildman–Crippen LogP) is 3.25. The van der Waals surface area contributed by atoms with Gasteiger partial charge in [-0.25, -0.2) is 4.39 Å². The van der Waals surface area contributed by atoms with Crippen LogP contribution in [0.4, 0.5) is 4.39 Å². The molecule has 0 radical (unpaired) electrons. The fourth-order valence-corrected chi connectivity index (χ4v) is 2.14. The van der Waals surface area contributed by atoms with Crippen LogP contribution in [0.1, 0.15) is 30.1 Å². The minimum absolute atomic E-state index is 0.286. The second-order valence-electron chi connectivity index (χ2n) is 5.04. The molecule has 0 amide bonds. The Hall–Kier alpha value is -1.71. The summed E-state index contributed by atoms with van der Waals surface area (Å²) < 4.78 is 12.8. The van der Waals surface area contributed by atoms with E-state index in [-0.39, 0.29) is 5.82 Å². The summed E-state index contributed by atoms with van der Waals surface area (Å²) >= 11 is 0. The second-order valence-corrected chi connectivity index (χ2v) is 5.04. The molecule has 0 saturated carbocycles. The van der Waals surface area contributed by atoms with Crippen molar-refractivity contribution in [2.45, 2.75) is 18.9 Å². The highest BCUT2D eigenvalue weighted by molar-refractivity contribution is 5.20. The van der Waals surface area contributed by atoms with Gasteiger partial charge in [-0.05, 0) is 29.2 Å². The third-order valence-electron chi connectivity index (χ3n) is 3.41. The zero-order valence-corrected chi connectivity index (χ0v) is 11.6. The Labute approximate surface area is 119 Å². The van der Waals surface area contributed by atoms with Gasteiger partial charge in [-0.15, -0.1) is 0 Å². The number of benzene rings is 2. The highest BCUT2D eigenvalue weighted by Crippen LogP contribution is 2.15. The zero-order chi connectivity index (χ0) is 14.4. The van der Waals surface area contributed by atoms with Gasteiger partial charge >= 0.3 is 0 Å². The lowest BCUT2D eigenvalue weighted by Crippen LogP contribution is -2.25. The van der Waals surface area contributed by atoms with Gasteiger partial charge in [-0.1, -0.05) is 49.4 Å². The van der Waals surface area contributed by atoms with Gasteiger partial charge < -0.3 is 10.4 Å². The van der Waals surface area contributed by atoms with E-state index in [1.165, 1.54) is 17.7 Å². The first kappa shape index (κ1) is 14.7. The second kappa shape index (κ2) is 7.17. The van der Waals surface area contributed by atoms with Crippen molar-refractivity contribution in [2.24, 2.45) is 0 Å². The van der Waals surface area contributed by atoms with Crippen LogP contribution in [0.25, 0.3) is 0 Å². The first-order valence-corrected chi connectivity index (χ1v) is 6.86. The number of hydrogen-bond donors (Lipinski definition) is 2. The van der Waals surface area contributed by atoms with Crippen molar-refractivity contribution in [2.75, 3.05) is 13.1 Å². The summed E-state index contributed by atoms with van der Waals surface area (Å²) in [5.41, 5.74) is 2.00. The summed E-state index contributed by atoms with van der Waals surface area (Å²) in [6, 6.07) is 16.2. The van der Waals surface area contributed by atoms with Gasteiger partial charge in [0.1, 0.15) is 5.82 Å². The van der Waals surface area contributed by atoms with Gasteiger partial charge in [-0.3, -0.25) is 0 Å². The smallest absolute Gasteiger partial charge is 0.123 e. The van der Waals surface area contributed by atoms with Crippen molar-refractivity contribution >= 4 is 0 Å². The molecule has 2 N–H and O–H groups in total. The molecule has 2 rings (SSSR count). The van der Waals surface area contributed by atoms with Gasteiger partial charge in [0.05, 0.1) is 6.10 Å². The Morgan fingerprint density at radius 3 is 2.25 bits per heavy atom. The van der Waals surface area contributed by atoms with E-state index < -0.39 is 6.10 Å². The van der Waals surface area contributed by atoms with E-state index in [4.69, 9.17) is 0 Å². The molecule has 2 aromatic rings. The molecule has 0 aliphatic carbocycles. The minimum atomic E-state index is -0.612. The Balaban J connectivity index is 1.79. The van der Waals surface area contributed by atoms with Gasteiger partial charge in [0.2, 0.25) is 0 Å².